The molecule has 6 heteroatoms. The fourth-order valence-corrected chi connectivity index (χ4v) is 4.36. The Hall–Kier alpha value is -2.78. The van der Waals surface area contributed by atoms with Gasteiger partial charge < -0.3 is 20.0 Å². The predicted molar refractivity (Wildman–Crippen MR) is 122 cm³/mol. The number of rotatable bonds is 4. The highest BCUT2D eigenvalue weighted by molar-refractivity contribution is 6.06. The number of likely N-dealkylation sites (N-methyl/N-ethyl adjacent to an activating group) is 1. The molecule has 1 N–H and O–H groups in total. The summed E-state index contributed by atoms with van der Waals surface area (Å²) in [6.45, 7) is 8.52. The van der Waals surface area contributed by atoms with Gasteiger partial charge in [0, 0.05) is 56.1 Å². The standard InChI is InChI=1S/C24H31N5O/c1-18-7-9-29(10-8-18)23-16-21(28-13-11-27(2)12-14-28)5-6-22(23)26-24(30)20-4-3-19(15-20)17-25/h3,5-6,15-16,18H,4,7-14H2,1-2H3,(H,26,30). The first kappa shape index (κ1) is 20.5. The van der Waals surface area contributed by atoms with Crippen LogP contribution in [0.25, 0.3) is 0 Å². The largest absolute Gasteiger partial charge is 0.370 e. The molecule has 1 aromatic rings. The number of nitriles is 1. The number of allylic oxidation sites excluding steroid dienone is 3. The molecule has 0 unspecified atom stereocenters. The molecule has 6 nitrogen and oxygen atoms in total. The van der Waals surface area contributed by atoms with Crippen LogP contribution in [0.5, 0.6) is 0 Å². The average molecular weight is 406 g/mol. The molecule has 1 amide bonds. The lowest BCUT2D eigenvalue weighted by atomic mass is 9.98. The molecule has 2 heterocycles. The summed E-state index contributed by atoms with van der Waals surface area (Å²) in [5.41, 5.74) is 4.41. The van der Waals surface area contributed by atoms with Crippen LogP contribution in [0.4, 0.5) is 17.1 Å². The average Bonchev–Trinajstić information content (AvgIpc) is 3.25. The molecular formula is C24H31N5O. The van der Waals surface area contributed by atoms with Crippen molar-refractivity contribution >= 4 is 23.0 Å². The molecule has 4 rings (SSSR count). The number of carbonyl (C=O) groups is 1. The molecule has 2 fully saturated rings. The van der Waals surface area contributed by atoms with E-state index < -0.39 is 0 Å². The topological polar surface area (TPSA) is 62.6 Å². The highest BCUT2D eigenvalue weighted by Gasteiger charge is 2.23. The van der Waals surface area contributed by atoms with Gasteiger partial charge in [-0.3, -0.25) is 4.79 Å². The van der Waals surface area contributed by atoms with Gasteiger partial charge in [0.25, 0.3) is 5.91 Å². The number of amides is 1. The SMILES string of the molecule is CC1CCN(c2cc(N3CCN(C)CC3)ccc2NC(=O)C2=CC(C#N)=CC2)CC1. The van der Waals surface area contributed by atoms with E-state index in [9.17, 15) is 4.79 Å². The van der Waals surface area contributed by atoms with Gasteiger partial charge >= 0.3 is 0 Å². The summed E-state index contributed by atoms with van der Waals surface area (Å²) < 4.78 is 0. The molecule has 1 aromatic carbocycles. The van der Waals surface area contributed by atoms with Gasteiger partial charge in [-0.05, 0) is 56.5 Å². The smallest absolute Gasteiger partial charge is 0.252 e. The summed E-state index contributed by atoms with van der Waals surface area (Å²) in [5.74, 6) is 0.634. The van der Waals surface area contributed by atoms with Crippen molar-refractivity contribution in [3.8, 4) is 6.07 Å². The van der Waals surface area contributed by atoms with E-state index in [4.69, 9.17) is 5.26 Å². The Morgan fingerprint density at radius 3 is 2.50 bits per heavy atom. The molecule has 158 valence electrons. The Morgan fingerprint density at radius 2 is 1.83 bits per heavy atom. The highest BCUT2D eigenvalue weighted by atomic mass is 16.1. The van der Waals surface area contributed by atoms with E-state index in [0.717, 1.165) is 56.6 Å². The maximum Gasteiger partial charge on any atom is 0.252 e. The Morgan fingerprint density at radius 1 is 1.10 bits per heavy atom. The number of nitrogens with zero attached hydrogens (tertiary/aromatic N) is 4. The van der Waals surface area contributed by atoms with Crippen LogP contribution in [0.1, 0.15) is 26.2 Å². The lowest BCUT2D eigenvalue weighted by molar-refractivity contribution is -0.112. The third-order valence-corrected chi connectivity index (χ3v) is 6.51. The van der Waals surface area contributed by atoms with Crippen LogP contribution in [0, 0.1) is 17.2 Å². The lowest BCUT2D eigenvalue weighted by Gasteiger charge is -2.37. The number of benzene rings is 1. The van der Waals surface area contributed by atoms with E-state index >= 15 is 0 Å². The third kappa shape index (κ3) is 4.52. The first-order valence-corrected chi connectivity index (χ1v) is 11.0. The zero-order chi connectivity index (χ0) is 21.1. The molecule has 0 atom stereocenters. The summed E-state index contributed by atoms with van der Waals surface area (Å²) in [4.78, 5) is 20.0. The van der Waals surface area contributed by atoms with Crippen LogP contribution < -0.4 is 15.1 Å². The molecule has 0 radical (unpaired) electrons. The van der Waals surface area contributed by atoms with Gasteiger partial charge in [0.05, 0.1) is 17.4 Å². The minimum atomic E-state index is -0.115. The van der Waals surface area contributed by atoms with Crippen molar-refractivity contribution in [2.45, 2.75) is 26.2 Å². The third-order valence-electron chi connectivity index (χ3n) is 6.51. The first-order chi connectivity index (χ1) is 14.5. The Kier molecular flexibility index (Phi) is 6.10. The van der Waals surface area contributed by atoms with Crippen LogP contribution in [0.15, 0.2) is 41.5 Å². The fraction of sp³-hybridized carbons (Fsp3) is 0.500. The van der Waals surface area contributed by atoms with E-state index in [-0.39, 0.29) is 5.91 Å². The number of piperazine rings is 1. The van der Waals surface area contributed by atoms with Crippen molar-refractivity contribution in [3.63, 3.8) is 0 Å². The summed E-state index contributed by atoms with van der Waals surface area (Å²) in [5, 5.41) is 12.2. The van der Waals surface area contributed by atoms with Gasteiger partial charge in [0.2, 0.25) is 0 Å². The number of hydrogen-bond acceptors (Lipinski definition) is 5. The minimum absolute atomic E-state index is 0.115. The molecule has 3 aliphatic rings. The zero-order valence-electron chi connectivity index (χ0n) is 18.0. The number of hydrogen-bond donors (Lipinski definition) is 1. The lowest BCUT2D eigenvalue weighted by Crippen LogP contribution is -2.44. The van der Waals surface area contributed by atoms with Gasteiger partial charge in [-0.15, -0.1) is 0 Å². The minimum Gasteiger partial charge on any atom is -0.370 e. The second-order valence-corrected chi connectivity index (χ2v) is 8.76. The molecule has 0 bridgehead atoms. The van der Waals surface area contributed by atoms with Crippen molar-refractivity contribution in [2.24, 2.45) is 5.92 Å². The van der Waals surface area contributed by atoms with E-state index in [0.29, 0.717) is 17.6 Å². The summed E-state index contributed by atoms with van der Waals surface area (Å²) in [7, 11) is 2.17. The molecule has 1 aliphatic carbocycles. The molecule has 2 aliphatic heterocycles. The highest BCUT2D eigenvalue weighted by Crippen LogP contribution is 2.34. The van der Waals surface area contributed by atoms with E-state index in [1.165, 1.54) is 18.5 Å². The van der Waals surface area contributed by atoms with Crippen LogP contribution in [-0.4, -0.2) is 57.1 Å². The second-order valence-electron chi connectivity index (χ2n) is 8.76. The summed E-state index contributed by atoms with van der Waals surface area (Å²) in [6, 6.07) is 8.54. The number of anilines is 3. The number of carbonyl (C=O) groups excluding carboxylic acids is 1. The molecule has 2 saturated heterocycles. The molecular weight excluding hydrogens is 374 g/mol. The van der Waals surface area contributed by atoms with Gasteiger partial charge in [-0.25, -0.2) is 0 Å². The normalized spacial score (nSPS) is 20.6. The number of piperidine rings is 1. The fourth-order valence-electron chi connectivity index (χ4n) is 4.36. The van der Waals surface area contributed by atoms with E-state index in [1.54, 1.807) is 12.2 Å². The monoisotopic (exact) mass is 405 g/mol. The van der Waals surface area contributed by atoms with Crippen molar-refractivity contribution in [1.82, 2.24) is 4.90 Å². The quantitative estimate of drug-likeness (QED) is 0.832. The summed E-state index contributed by atoms with van der Waals surface area (Å²) in [6.07, 6.45) is 6.36. The Balaban J connectivity index is 1.57. The van der Waals surface area contributed by atoms with Crippen LogP contribution in [0.3, 0.4) is 0 Å². The first-order valence-electron chi connectivity index (χ1n) is 11.0. The van der Waals surface area contributed by atoms with Crippen LogP contribution in [-0.2, 0) is 4.79 Å². The van der Waals surface area contributed by atoms with Crippen molar-refractivity contribution in [2.75, 3.05) is 61.4 Å². The molecule has 0 saturated carbocycles. The van der Waals surface area contributed by atoms with Crippen molar-refractivity contribution in [1.29, 1.82) is 5.26 Å². The van der Waals surface area contributed by atoms with Crippen LogP contribution >= 0.6 is 0 Å². The maximum atomic E-state index is 12.8. The van der Waals surface area contributed by atoms with Crippen LogP contribution in [0.2, 0.25) is 0 Å². The zero-order valence-corrected chi connectivity index (χ0v) is 18.0. The summed E-state index contributed by atoms with van der Waals surface area (Å²) >= 11 is 0. The van der Waals surface area contributed by atoms with Gasteiger partial charge in [-0.2, -0.15) is 5.26 Å². The molecule has 30 heavy (non-hydrogen) atoms. The molecule has 0 aromatic heterocycles. The van der Waals surface area contributed by atoms with E-state index in [1.807, 2.05) is 6.07 Å². The molecule has 0 spiro atoms. The van der Waals surface area contributed by atoms with Crippen molar-refractivity contribution < 1.29 is 4.79 Å². The predicted octanol–water partition coefficient (Wildman–Crippen LogP) is 3.39. The van der Waals surface area contributed by atoms with E-state index in [2.05, 4.69) is 52.2 Å². The second kappa shape index (κ2) is 8.93. The Labute approximate surface area is 179 Å². The van der Waals surface area contributed by atoms with Gasteiger partial charge in [0.1, 0.15) is 0 Å². The maximum absolute atomic E-state index is 12.8. The van der Waals surface area contributed by atoms with Gasteiger partial charge in [0.15, 0.2) is 0 Å². The number of nitrogens with one attached hydrogen (secondary N) is 1. The van der Waals surface area contributed by atoms with Gasteiger partial charge in [-0.1, -0.05) is 13.0 Å². The Bertz CT molecular complexity index is 897. The van der Waals surface area contributed by atoms with Crippen molar-refractivity contribution in [3.05, 3.63) is 41.5 Å².